The van der Waals surface area contributed by atoms with Gasteiger partial charge in [-0.15, -0.1) is 0 Å². The maximum Gasteiger partial charge on any atom is 0.355 e. The van der Waals surface area contributed by atoms with Gasteiger partial charge < -0.3 is 19.8 Å². The molecule has 0 saturated heterocycles. The monoisotopic (exact) mass is 400 g/mol. The van der Waals surface area contributed by atoms with E-state index in [4.69, 9.17) is 9.47 Å². The number of aromatic nitrogens is 1. The van der Waals surface area contributed by atoms with Crippen molar-refractivity contribution in [2.45, 2.75) is 67.0 Å². The second kappa shape index (κ2) is 9.16. The number of carbonyl (C=O) groups excluding carboxylic acids is 2. The molecule has 2 N–H and O–H groups in total. The average molecular weight is 401 g/mol. The first-order chi connectivity index (χ1) is 13.6. The molecule has 6 nitrogen and oxygen atoms in total. The zero-order chi connectivity index (χ0) is 21.8. The van der Waals surface area contributed by atoms with Crippen LogP contribution in [0.2, 0.25) is 0 Å². The number of anilines is 1. The first-order valence-corrected chi connectivity index (χ1v) is 10.0. The van der Waals surface area contributed by atoms with E-state index in [-0.39, 0.29) is 6.61 Å². The molecular formula is C23H32N2O4. The van der Waals surface area contributed by atoms with Crippen molar-refractivity contribution in [3.63, 3.8) is 0 Å². The molecule has 0 aliphatic carbocycles. The van der Waals surface area contributed by atoms with Crippen molar-refractivity contribution < 1.29 is 19.1 Å². The van der Waals surface area contributed by atoms with Crippen LogP contribution in [-0.2, 0) is 22.4 Å². The highest BCUT2D eigenvalue weighted by Crippen LogP contribution is 2.25. The van der Waals surface area contributed by atoms with Gasteiger partial charge in [0, 0.05) is 11.4 Å². The number of hydrogen-bond acceptors (Lipinski definition) is 5. The van der Waals surface area contributed by atoms with Crippen molar-refractivity contribution in [1.29, 1.82) is 0 Å². The minimum Gasteiger partial charge on any atom is -0.462 e. The van der Waals surface area contributed by atoms with Crippen molar-refractivity contribution in [1.82, 2.24) is 4.98 Å². The van der Waals surface area contributed by atoms with Gasteiger partial charge in [0.1, 0.15) is 11.3 Å². The predicted octanol–water partition coefficient (Wildman–Crippen LogP) is 4.94. The number of carbonyl (C=O) groups is 2. The molecule has 0 atom stereocenters. The Hall–Kier alpha value is -2.76. The number of nitrogens with one attached hydrogen (secondary N) is 2. The van der Waals surface area contributed by atoms with Crippen molar-refractivity contribution >= 4 is 17.6 Å². The van der Waals surface area contributed by atoms with E-state index in [2.05, 4.69) is 16.4 Å². The molecule has 0 radical (unpaired) electrons. The topological polar surface area (TPSA) is 80.4 Å². The van der Waals surface area contributed by atoms with Crippen molar-refractivity contribution in [3.05, 3.63) is 51.8 Å². The Morgan fingerprint density at radius 1 is 1.03 bits per heavy atom. The molecule has 2 aromatic rings. The lowest BCUT2D eigenvalue weighted by Crippen LogP contribution is -2.24. The van der Waals surface area contributed by atoms with E-state index in [9.17, 15) is 9.59 Å². The molecular weight excluding hydrogens is 368 g/mol. The zero-order valence-electron chi connectivity index (χ0n) is 18.5. The molecule has 0 fully saturated rings. The number of aromatic amines is 1. The fourth-order valence-electron chi connectivity index (χ4n) is 3.30. The lowest BCUT2D eigenvalue weighted by atomic mass is 10.1. The summed E-state index contributed by atoms with van der Waals surface area (Å²) in [4.78, 5) is 28.5. The molecule has 0 aliphatic rings. The Labute approximate surface area is 173 Å². The van der Waals surface area contributed by atoms with Gasteiger partial charge in [0.2, 0.25) is 0 Å². The Balaban J connectivity index is 2.42. The highest BCUT2D eigenvalue weighted by atomic mass is 16.6. The first-order valence-electron chi connectivity index (χ1n) is 10.0. The third-order valence-corrected chi connectivity index (χ3v) is 4.31. The molecule has 1 aromatic carbocycles. The number of esters is 2. The van der Waals surface area contributed by atoms with Crippen molar-refractivity contribution in [3.8, 4) is 0 Å². The first kappa shape index (κ1) is 22.5. The lowest BCUT2D eigenvalue weighted by Gasteiger charge is -2.19. The van der Waals surface area contributed by atoms with Gasteiger partial charge in [0.25, 0.3) is 0 Å². The van der Waals surface area contributed by atoms with Gasteiger partial charge in [-0.2, -0.15) is 0 Å². The summed E-state index contributed by atoms with van der Waals surface area (Å²) in [6.07, 6.45) is 0.503. The summed E-state index contributed by atoms with van der Waals surface area (Å²) in [7, 11) is 0. The summed E-state index contributed by atoms with van der Waals surface area (Å²) in [5.74, 6) is -0.912. The van der Waals surface area contributed by atoms with Crippen LogP contribution in [0.1, 0.15) is 77.8 Å². The van der Waals surface area contributed by atoms with E-state index in [0.29, 0.717) is 35.5 Å². The van der Waals surface area contributed by atoms with Gasteiger partial charge in [0.05, 0.1) is 18.7 Å². The Kier molecular flexibility index (Phi) is 7.11. The lowest BCUT2D eigenvalue weighted by molar-refractivity contribution is 0.00622. The maximum atomic E-state index is 12.7. The molecule has 0 spiro atoms. The van der Waals surface area contributed by atoms with E-state index in [1.54, 1.807) is 6.92 Å². The van der Waals surface area contributed by atoms with E-state index in [1.807, 2.05) is 53.7 Å². The van der Waals surface area contributed by atoms with Gasteiger partial charge in [-0.1, -0.05) is 13.0 Å². The minimum atomic E-state index is -0.630. The van der Waals surface area contributed by atoms with Crippen LogP contribution < -0.4 is 5.32 Å². The molecule has 0 unspecified atom stereocenters. The molecule has 0 amide bonds. The van der Waals surface area contributed by atoms with Crippen LogP contribution in [0.4, 0.5) is 5.69 Å². The molecule has 0 bridgehead atoms. The second-order valence-electron chi connectivity index (χ2n) is 8.14. The maximum absolute atomic E-state index is 12.7. The van der Waals surface area contributed by atoms with Gasteiger partial charge in [0.15, 0.2) is 0 Å². The Bertz CT molecular complexity index is 871. The van der Waals surface area contributed by atoms with Gasteiger partial charge in [-0.3, -0.25) is 0 Å². The van der Waals surface area contributed by atoms with Gasteiger partial charge >= 0.3 is 11.9 Å². The molecule has 2 rings (SSSR count). The van der Waals surface area contributed by atoms with E-state index in [0.717, 1.165) is 16.8 Å². The minimum absolute atomic E-state index is 0.263. The van der Waals surface area contributed by atoms with Gasteiger partial charge in [-0.05, 0) is 76.8 Å². The number of rotatable bonds is 7. The van der Waals surface area contributed by atoms with Crippen LogP contribution in [0.15, 0.2) is 18.2 Å². The number of aryl methyl sites for hydroxylation is 2. The van der Waals surface area contributed by atoms with Crippen LogP contribution in [0, 0.1) is 13.8 Å². The Morgan fingerprint density at radius 2 is 1.66 bits per heavy atom. The summed E-state index contributed by atoms with van der Waals surface area (Å²) >= 11 is 0. The van der Waals surface area contributed by atoms with E-state index in [1.165, 1.54) is 0 Å². The molecule has 6 heteroatoms. The van der Waals surface area contributed by atoms with E-state index >= 15 is 0 Å². The van der Waals surface area contributed by atoms with Crippen molar-refractivity contribution in [2.24, 2.45) is 0 Å². The zero-order valence-corrected chi connectivity index (χ0v) is 18.5. The second-order valence-corrected chi connectivity index (χ2v) is 8.14. The predicted molar refractivity (Wildman–Crippen MR) is 115 cm³/mol. The summed E-state index contributed by atoms with van der Waals surface area (Å²) in [5, 5.41) is 3.34. The van der Waals surface area contributed by atoms with Crippen LogP contribution >= 0.6 is 0 Å². The van der Waals surface area contributed by atoms with Crippen LogP contribution in [0.3, 0.4) is 0 Å². The molecule has 0 aliphatic heterocycles. The molecule has 0 saturated carbocycles. The summed E-state index contributed by atoms with van der Waals surface area (Å²) in [5.41, 5.74) is 4.56. The molecule has 1 heterocycles. The normalized spacial score (nSPS) is 11.3. The third kappa shape index (κ3) is 5.86. The summed E-state index contributed by atoms with van der Waals surface area (Å²) < 4.78 is 10.8. The fraction of sp³-hybridized carbons (Fsp3) is 0.478. The quantitative estimate of drug-likeness (QED) is 0.644. The van der Waals surface area contributed by atoms with Crippen LogP contribution in [0.5, 0.6) is 0 Å². The van der Waals surface area contributed by atoms with Gasteiger partial charge in [-0.25, -0.2) is 9.59 Å². The number of H-pyrrole nitrogens is 1. The average Bonchev–Trinajstić information content (AvgIpc) is 2.96. The largest absolute Gasteiger partial charge is 0.462 e. The molecule has 158 valence electrons. The standard InChI is InChI=1S/C23H32N2O4/c1-8-17-19(21(26)28-9-2)18(25-20(17)22(27)29-23(5,6)7)13-24-16-11-14(3)10-15(4)12-16/h10-12,24-25H,8-9,13H2,1-7H3. The van der Waals surface area contributed by atoms with Crippen molar-refractivity contribution in [2.75, 3.05) is 11.9 Å². The van der Waals surface area contributed by atoms with E-state index < -0.39 is 17.5 Å². The molecule has 29 heavy (non-hydrogen) atoms. The SMILES string of the molecule is CCOC(=O)c1c(CNc2cc(C)cc(C)c2)[nH]c(C(=O)OC(C)(C)C)c1CC. The smallest absolute Gasteiger partial charge is 0.355 e. The molecule has 1 aromatic heterocycles. The fourth-order valence-corrected chi connectivity index (χ4v) is 3.30. The highest BCUT2D eigenvalue weighted by molar-refractivity contribution is 5.99. The summed E-state index contributed by atoms with van der Waals surface area (Å²) in [6, 6.07) is 6.17. The highest BCUT2D eigenvalue weighted by Gasteiger charge is 2.29. The number of hydrogen-bond donors (Lipinski definition) is 2. The van der Waals surface area contributed by atoms with Crippen LogP contribution in [0.25, 0.3) is 0 Å². The third-order valence-electron chi connectivity index (χ3n) is 4.31. The van der Waals surface area contributed by atoms with Crippen LogP contribution in [-0.4, -0.2) is 29.1 Å². The summed E-state index contributed by atoms with van der Waals surface area (Å²) in [6.45, 7) is 13.8. The number of benzene rings is 1. The number of ether oxygens (including phenoxy) is 2. The Morgan fingerprint density at radius 3 is 2.17 bits per heavy atom.